The maximum absolute atomic E-state index is 12.9. The number of aryl methyl sites for hydroxylation is 1. The summed E-state index contributed by atoms with van der Waals surface area (Å²) in [6.07, 6.45) is 3.70. The molecular formula is C18H27N3O5S. The fourth-order valence-electron chi connectivity index (χ4n) is 3.87. The molecule has 1 N–H and O–H groups in total. The standard InChI is InChI=1S/C18H27N3O5S/c1-13-5-4-7-21(10-13)27(25,26)14-9-15(19(3)11-14)16(22)20-8-6-18(2,12-20)17(23)24/h9,11,13H,4-8,10,12H2,1-3H3,(H,23,24). The lowest BCUT2D eigenvalue weighted by atomic mass is 9.90. The molecule has 2 unspecified atom stereocenters. The van der Waals surface area contributed by atoms with E-state index in [2.05, 4.69) is 0 Å². The summed E-state index contributed by atoms with van der Waals surface area (Å²) in [4.78, 5) is 25.9. The molecule has 0 bridgehead atoms. The van der Waals surface area contributed by atoms with Crippen molar-refractivity contribution in [1.82, 2.24) is 13.8 Å². The molecule has 8 nitrogen and oxygen atoms in total. The first-order valence-corrected chi connectivity index (χ1v) is 10.7. The minimum atomic E-state index is -3.64. The monoisotopic (exact) mass is 397 g/mol. The number of carbonyl (C=O) groups is 2. The van der Waals surface area contributed by atoms with Crippen LogP contribution < -0.4 is 0 Å². The first-order chi connectivity index (χ1) is 12.5. The van der Waals surface area contributed by atoms with Crippen molar-refractivity contribution in [1.29, 1.82) is 0 Å². The Kier molecular flexibility index (Phi) is 5.11. The van der Waals surface area contributed by atoms with E-state index in [0.29, 0.717) is 32.0 Å². The number of carboxylic acids is 1. The van der Waals surface area contributed by atoms with Crippen molar-refractivity contribution in [2.75, 3.05) is 26.2 Å². The second kappa shape index (κ2) is 6.94. The van der Waals surface area contributed by atoms with E-state index in [0.717, 1.165) is 12.8 Å². The quantitative estimate of drug-likeness (QED) is 0.827. The van der Waals surface area contributed by atoms with Crippen LogP contribution in [0.15, 0.2) is 17.2 Å². The lowest BCUT2D eigenvalue weighted by molar-refractivity contribution is -0.147. The number of amides is 1. The molecule has 0 saturated carbocycles. The highest BCUT2D eigenvalue weighted by Gasteiger charge is 2.43. The predicted molar refractivity (Wildman–Crippen MR) is 98.8 cm³/mol. The van der Waals surface area contributed by atoms with Gasteiger partial charge in [-0.15, -0.1) is 0 Å². The van der Waals surface area contributed by atoms with E-state index in [-0.39, 0.29) is 23.0 Å². The largest absolute Gasteiger partial charge is 0.481 e. The van der Waals surface area contributed by atoms with Gasteiger partial charge in [-0.3, -0.25) is 9.59 Å². The number of hydrogen-bond acceptors (Lipinski definition) is 4. The molecule has 150 valence electrons. The second-order valence-electron chi connectivity index (χ2n) is 8.12. The van der Waals surface area contributed by atoms with Crippen molar-refractivity contribution in [3.8, 4) is 0 Å². The highest BCUT2D eigenvalue weighted by atomic mass is 32.2. The van der Waals surface area contributed by atoms with E-state index in [1.165, 1.54) is 26.0 Å². The molecule has 2 atom stereocenters. The minimum Gasteiger partial charge on any atom is -0.481 e. The topological polar surface area (TPSA) is 99.9 Å². The average Bonchev–Trinajstić information content (AvgIpc) is 3.19. The minimum absolute atomic E-state index is 0.114. The van der Waals surface area contributed by atoms with E-state index in [4.69, 9.17) is 0 Å². The Bertz CT molecular complexity index is 862. The highest BCUT2D eigenvalue weighted by molar-refractivity contribution is 7.89. The molecule has 9 heteroatoms. The van der Waals surface area contributed by atoms with E-state index in [1.807, 2.05) is 6.92 Å². The van der Waals surface area contributed by atoms with Gasteiger partial charge in [-0.05, 0) is 38.2 Å². The van der Waals surface area contributed by atoms with E-state index < -0.39 is 21.4 Å². The number of nitrogens with zero attached hydrogens (tertiary/aromatic N) is 3. The van der Waals surface area contributed by atoms with Crippen LogP contribution in [0.25, 0.3) is 0 Å². The lowest BCUT2D eigenvalue weighted by Gasteiger charge is -2.29. The average molecular weight is 397 g/mol. The van der Waals surface area contributed by atoms with Crippen LogP contribution in [-0.4, -0.2) is 65.4 Å². The molecule has 2 fully saturated rings. The van der Waals surface area contributed by atoms with Crippen molar-refractivity contribution < 1.29 is 23.1 Å². The molecule has 1 aromatic heterocycles. The van der Waals surface area contributed by atoms with Gasteiger partial charge in [0.25, 0.3) is 5.91 Å². The van der Waals surface area contributed by atoms with Gasteiger partial charge in [-0.25, -0.2) is 8.42 Å². The molecule has 0 radical (unpaired) electrons. The molecule has 27 heavy (non-hydrogen) atoms. The van der Waals surface area contributed by atoms with Crippen molar-refractivity contribution in [2.24, 2.45) is 18.4 Å². The molecule has 0 aromatic carbocycles. The third-order valence-corrected chi connectivity index (χ3v) is 7.56. The molecule has 2 aliphatic rings. The molecule has 2 saturated heterocycles. The number of hydrogen-bond donors (Lipinski definition) is 1. The Labute approximate surface area is 159 Å². The maximum Gasteiger partial charge on any atom is 0.311 e. The van der Waals surface area contributed by atoms with Crippen molar-refractivity contribution in [2.45, 2.75) is 38.0 Å². The zero-order chi connectivity index (χ0) is 20.0. The molecule has 3 heterocycles. The summed E-state index contributed by atoms with van der Waals surface area (Å²) >= 11 is 0. The summed E-state index contributed by atoms with van der Waals surface area (Å²) in [5.74, 6) is -0.945. The van der Waals surface area contributed by atoms with Crippen LogP contribution in [0.4, 0.5) is 0 Å². The fourth-order valence-corrected chi connectivity index (χ4v) is 5.54. The molecule has 3 rings (SSSR count). The van der Waals surface area contributed by atoms with Crippen molar-refractivity contribution in [3.63, 3.8) is 0 Å². The number of piperidine rings is 1. The zero-order valence-corrected chi connectivity index (χ0v) is 16.8. The van der Waals surface area contributed by atoms with E-state index >= 15 is 0 Å². The van der Waals surface area contributed by atoms with Crippen LogP contribution in [0.3, 0.4) is 0 Å². The molecule has 1 amide bonds. The third-order valence-electron chi connectivity index (χ3n) is 5.73. The van der Waals surface area contributed by atoms with Gasteiger partial charge in [0.1, 0.15) is 10.6 Å². The fraction of sp³-hybridized carbons (Fsp3) is 0.667. The van der Waals surface area contributed by atoms with Gasteiger partial charge in [-0.1, -0.05) is 6.92 Å². The molecular weight excluding hydrogens is 370 g/mol. The Morgan fingerprint density at radius 3 is 2.59 bits per heavy atom. The number of carboxylic acid groups (broad SMARTS) is 1. The van der Waals surface area contributed by atoms with Gasteiger partial charge in [0, 0.05) is 39.4 Å². The normalized spacial score (nSPS) is 27.1. The predicted octanol–water partition coefficient (Wildman–Crippen LogP) is 1.38. The SMILES string of the molecule is CC1CCCN(S(=O)(=O)c2cc(C(=O)N3CCC(C)(C(=O)O)C3)n(C)c2)C1. The Morgan fingerprint density at radius 1 is 1.30 bits per heavy atom. The molecule has 1 aromatic rings. The third kappa shape index (κ3) is 3.62. The van der Waals surface area contributed by atoms with E-state index in [1.54, 1.807) is 14.0 Å². The number of likely N-dealkylation sites (tertiary alicyclic amines) is 1. The van der Waals surface area contributed by atoms with Crippen LogP contribution in [-0.2, 0) is 21.9 Å². The van der Waals surface area contributed by atoms with Gasteiger partial charge in [0.15, 0.2) is 0 Å². The van der Waals surface area contributed by atoms with Gasteiger partial charge in [-0.2, -0.15) is 4.31 Å². The molecule has 0 aliphatic carbocycles. The van der Waals surface area contributed by atoms with Gasteiger partial charge in [0.05, 0.1) is 5.41 Å². The Morgan fingerprint density at radius 2 is 2.00 bits per heavy atom. The summed E-state index contributed by atoms with van der Waals surface area (Å²) in [5.41, 5.74) is -0.701. The number of aliphatic carboxylic acids is 1. The molecule has 0 spiro atoms. The van der Waals surface area contributed by atoms with Crippen LogP contribution >= 0.6 is 0 Å². The lowest BCUT2D eigenvalue weighted by Crippen LogP contribution is -2.38. The van der Waals surface area contributed by atoms with Gasteiger partial charge in [0.2, 0.25) is 10.0 Å². The first kappa shape index (κ1) is 19.9. The van der Waals surface area contributed by atoms with Crippen LogP contribution in [0.1, 0.15) is 43.6 Å². The summed E-state index contributed by atoms with van der Waals surface area (Å²) in [7, 11) is -2.01. The summed E-state index contributed by atoms with van der Waals surface area (Å²) < 4.78 is 28.9. The van der Waals surface area contributed by atoms with Crippen LogP contribution in [0, 0.1) is 11.3 Å². The Balaban J connectivity index is 1.82. The van der Waals surface area contributed by atoms with Crippen molar-refractivity contribution in [3.05, 3.63) is 18.0 Å². The van der Waals surface area contributed by atoms with Gasteiger partial charge < -0.3 is 14.6 Å². The number of aromatic nitrogens is 1. The maximum atomic E-state index is 12.9. The number of rotatable bonds is 4. The van der Waals surface area contributed by atoms with Crippen molar-refractivity contribution >= 4 is 21.9 Å². The highest BCUT2D eigenvalue weighted by Crippen LogP contribution is 2.32. The summed E-state index contributed by atoms with van der Waals surface area (Å²) in [5, 5.41) is 9.35. The number of sulfonamides is 1. The Hall–Kier alpha value is -1.87. The molecule has 2 aliphatic heterocycles. The summed E-state index contributed by atoms with van der Waals surface area (Å²) in [6, 6.07) is 1.41. The summed E-state index contributed by atoms with van der Waals surface area (Å²) in [6.45, 7) is 5.11. The van der Waals surface area contributed by atoms with Crippen LogP contribution in [0.5, 0.6) is 0 Å². The first-order valence-electron chi connectivity index (χ1n) is 9.24. The van der Waals surface area contributed by atoms with E-state index in [9.17, 15) is 23.1 Å². The second-order valence-corrected chi connectivity index (χ2v) is 10.1. The smallest absolute Gasteiger partial charge is 0.311 e. The zero-order valence-electron chi connectivity index (χ0n) is 16.0. The van der Waals surface area contributed by atoms with Gasteiger partial charge >= 0.3 is 5.97 Å². The number of carbonyl (C=O) groups excluding carboxylic acids is 1. The van der Waals surface area contributed by atoms with Crippen LogP contribution in [0.2, 0.25) is 0 Å².